The van der Waals surface area contributed by atoms with E-state index >= 15 is 0 Å². The van der Waals surface area contributed by atoms with Crippen molar-refractivity contribution >= 4 is 11.0 Å². The van der Waals surface area contributed by atoms with Crippen molar-refractivity contribution in [3.8, 4) is 0 Å². The fourth-order valence-corrected chi connectivity index (χ4v) is 1.66. The molecule has 2 aromatic rings. The van der Waals surface area contributed by atoms with E-state index < -0.39 is 0 Å². The van der Waals surface area contributed by atoms with Crippen LogP contribution in [-0.2, 0) is 4.74 Å². The molecule has 0 radical (unpaired) electrons. The summed E-state index contributed by atoms with van der Waals surface area (Å²) in [5, 5.41) is 0. The van der Waals surface area contributed by atoms with Gasteiger partial charge >= 0.3 is 0 Å². The first-order valence-electron chi connectivity index (χ1n) is 5.85. The molecule has 0 fully saturated rings. The van der Waals surface area contributed by atoms with Gasteiger partial charge in [-0.1, -0.05) is 13.0 Å². The number of aromatic nitrogens is 2. The Bertz CT molecular complexity index is 487. The third kappa shape index (κ3) is 2.99. The molecule has 1 heterocycles. The van der Waals surface area contributed by atoms with Gasteiger partial charge in [0.05, 0.1) is 23.7 Å². The highest BCUT2D eigenvalue weighted by Gasteiger charge is 2.07. The minimum Gasteiger partial charge on any atom is -0.379 e. The zero-order chi connectivity index (χ0) is 12.1. The molecule has 0 aliphatic rings. The zero-order valence-corrected chi connectivity index (χ0v) is 9.97. The molecule has 2 N–H and O–H groups in total. The third-order valence-corrected chi connectivity index (χ3v) is 2.57. The molecule has 0 saturated heterocycles. The summed E-state index contributed by atoms with van der Waals surface area (Å²) in [6.45, 7) is 3.37. The monoisotopic (exact) mass is 231 g/mol. The quantitative estimate of drug-likeness (QED) is 0.800. The Morgan fingerprint density at radius 3 is 2.76 bits per heavy atom. The van der Waals surface area contributed by atoms with Crippen LogP contribution >= 0.6 is 0 Å². The zero-order valence-electron chi connectivity index (χ0n) is 9.97. The molecular formula is C13H17N3O. The smallest absolute Gasteiger partial charge is 0.0890 e. The van der Waals surface area contributed by atoms with Crippen molar-refractivity contribution in [3.05, 3.63) is 36.2 Å². The topological polar surface area (TPSA) is 61.0 Å². The average Bonchev–Trinajstić information content (AvgIpc) is 2.38. The maximum atomic E-state index is 6.05. The first-order chi connectivity index (χ1) is 8.31. The van der Waals surface area contributed by atoms with Crippen LogP contribution in [0.4, 0.5) is 0 Å². The Hall–Kier alpha value is -1.52. The maximum Gasteiger partial charge on any atom is 0.0890 e. The molecule has 1 aromatic heterocycles. The van der Waals surface area contributed by atoms with Crippen molar-refractivity contribution in [2.24, 2.45) is 5.73 Å². The van der Waals surface area contributed by atoms with Crippen molar-refractivity contribution in [3.63, 3.8) is 0 Å². The fraction of sp³-hybridized carbons (Fsp3) is 0.385. The van der Waals surface area contributed by atoms with Crippen LogP contribution in [-0.4, -0.2) is 23.2 Å². The highest BCUT2D eigenvalue weighted by molar-refractivity contribution is 5.74. The van der Waals surface area contributed by atoms with Gasteiger partial charge in [0.25, 0.3) is 0 Å². The molecule has 2 rings (SSSR count). The van der Waals surface area contributed by atoms with Crippen molar-refractivity contribution < 1.29 is 4.74 Å². The van der Waals surface area contributed by atoms with Crippen LogP contribution in [0.2, 0.25) is 0 Å². The van der Waals surface area contributed by atoms with E-state index in [1.807, 2.05) is 18.2 Å². The van der Waals surface area contributed by atoms with E-state index in [0.717, 1.165) is 29.6 Å². The maximum absolute atomic E-state index is 6.05. The molecule has 1 atom stereocenters. The van der Waals surface area contributed by atoms with Crippen LogP contribution < -0.4 is 5.73 Å². The van der Waals surface area contributed by atoms with Gasteiger partial charge in [0.15, 0.2) is 0 Å². The van der Waals surface area contributed by atoms with Gasteiger partial charge < -0.3 is 10.5 Å². The van der Waals surface area contributed by atoms with E-state index in [9.17, 15) is 0 Å². The van der Waals surface area contributed by atoms with Gasteiger partial charge in [0, 0.05) is 19.0 Å². The molecule has 0 bridgehead atoms. The van der Waals surface area contributed by atoms with Crippen LogP contribution in [0.5, 0.6) is 0 Å². The number of nitrogens with zero attached hydrogens (tertiary/aromatic N) is 2. The van der Waals surface area contributed by atoms with Crippen molar-refractivity contribution in [2.75, 3.05) is 13.2 Å². The Balaban J connectivity index is 2.12. The van der Waals surface area contributed by atoms with E-state index in [1.54, 1.807) is 12.4 Å². The predicted octanol–water partition coefficient (Wildman–Crippen LogP) is 2.06. The molecule has 0 saturated carbocycles. The summed E-state index contributed by atoms with van der Waals surface area (Å²) < 4.78 is 5.45. The third-order valence-electron chi connectivity index (χ3n) is 2.57. The number of hydrogen-bond acceptors (Lipinski definition) is 4. The van der Waals surface area contributed by atoms with Gasteiger partial charge in [-0.15, -0.1) is 0 Å². The van der Waals surface area contributed by atoms with E-state index in [2.05, 4.69) is 16.9 Å². The normalized spacial score (nSPS) is 12.8. The highest BCUT2D eigenvalue weighted by atomic mass is 16.5. The predicted molar refractivity (Wildman–Crippen MR) is 67.6 cm³/mol. The second kappa shape index (κ2) is 5.70. The van der Waals surface area contributed by atoms with Crippen molar-refractivity contribution in [2.45, 2.75) is 19.4 Å². The van der Waals surface area contributed by atoms with Gasteiger partial charge in [-0.25, -0.2) is 0 Å². The molecule has 4 nitrogen and oxygen atoms in total. The number of rotatable bonds is 5. The summed E-state index contributed by atoms with van der Waals surface area (Å²) in [5.74, 6) is 0. The molecular weight excluding hydrogens is 214 g/mol. The molecule has 17 heavy (non-hydrogen) atoms. The Morgan fingerprint density at radius 2 is 2.00 bits per heavy atom. The molecule has 0 aliphatic carbocycles. The summed E-state index contributed by atoms with van der Waals surface area (Å²) in [6, 6.07) is 5.80. The number of nitrogens with two attached hydrogens (primary N) is 1. The lowest BCUT2D eigenvalue weighted by Gasteiger charge is -2.12. The van der Waals surface area contributed by atoms with Gasteiger partial charge in [0.2, 0.25) is 0 Å². The van der Waals surface area contributed by atoms with Crippen LogP contribution in [0, 0.1) is 0 Å². The number of fused-ring (bicyclic) bond motifs is 1. The van der Waals surface area contributed by atoms with Gasteiger partial charge in [-0.05, 0) is 24.1 Å². The number of benzene rings is 1. The highest BCUT2D eigenvalue weighted by Crippen LogP contribution is 2.16. The van der Waals surface area contributed by atoms with Gasteiger partial charge in [-0.3, -0.25) is 9.97 Å². The first kappa shape index (κ1) is 12.0. The summed E-state index contributed by atoms with van der Waals surface area (Å²) in [6.07, 6.45) is 4.38. The summed E-state index contributed by atoms with van der Waals surface area (Å²) in [7, 11) is 0. The Labute approximate surface area is 101 Å². The van der Waals surface area contributed by atoms with Gasteiger partial charge in [-0.2, -0.15) is 0 Å². The molecule has 90 valence electrons. The van der Waals surface area contributed by atoms with E-state index in [4.69, 9.17) is 10.5 Å². The molecule has 4 heteroatoms. The van der Waals surface area contributed by atoms with E-state index in [0.29, 0.717) is 6.61 Å². The molecule has 1 unspecified atom stereocenters. The minimum absolute atomic E-state index is 0.104. The summed E-state index contributed by atoms with van der Waals surface area (Å²) in [4.78, 5) is 8.48. The minimum atomic E-state index is -0.104. The summed E-state index contributed by atoms with van der Waals surface area (Å²) >= 11 is 0. The second-order valence-electron chi connectivity index (χ2n) is 3.99. The van der Waals surface area contributed by atoms with Crippen molar-refractivity contribution in [1.82, 2.24) is 9.97 Å². The molecule has 0 aliphatic heterocycles. The van der Waals surface area contributed by atoms with E-state index in [-0.39, 0.29) is 6.04 Å². The van der Waals surface area contributed by atoms with Crippen LogP contribution in [0.15, 0.2) is 30.6 Å². The first-order valence-corrected chi connectivity index (χ1v) is 5.85. The standard InChI is InChI=1S/C13H17N3O/c1-2-7-17-9-11(14)10-3-4-12-13(8-10)16-6-5-15-12/h3-6,8,11H,2,7,9,14H2,1H3. The number of ether oxygens (including phenoxy) is 1. The lowest BCUT2D eigenvalue weighted by Crippen LogP contribution is -2.17. The van der Waals surface area contributed by atoms with Crippen LogP contribution in [0.3, 0.4) is 0 Å². The second-order valence-corrected chi connectivity index (χ2v) is 3.99. The Kier molecular flexibility index (Phi) is 4.01. The van der Waals surface area contributed by atoms with Crippen LogP contribution in [0.1, 0.15) is 24.9 Å². The lowest BCUT2D eigenvalue weighted by atomic mass is 10.1. The largest absolute Gasteiger partial charge is 0.379 e. The van der Waals surface area contributed by atoms with Crippen molar-refractivity contribution in [1.29, 1.82) is 0 Å². The molecule has 1 aromatic carbocycles. The average molecular weight is 231 g/mol. The number of hydrogen-bond donors (Lipinski definition) is 1. The van der Waals surface area contributed by atoms with Crippen LogP contribution in [0.25, 0.3) is 11.0 Å². The SMILES string of the molecule is CCCOCC(N)c1ccc2nccnc2c1. The molecule has 0 amide bonds. The molecule has 0 spiro atoms. The van der Waals surface area contributed by atoms with Gasteiger partial charge in [0.1, 0.15) is 0 Å². The van der Waals surface area contributed by atoms with E-state index in [1.165, 1.54) is 0 Å². The lowest BCUT2D eigenvalue weighted by molar-refractivity contribution is 0.121. The summed E-state index contributed by atoms with van der Waals surface area (Å²) in [5.41, 5.74) is 8.85. The fourth-order valence-electron chi connectivity index (χ4n) is 1.66. The Morgan fingerprint density at radius 1 is 1.24 bits per heavy atom.